The minimum absolute atomic E-state index is 0.0383. The number of carboxylic acids is 1. The summed E-state index contributed by atoms with van der Waals surface area (Å²) < 4.78 is 16.3. The van der Waals surface area contributed by atoms with Gasteiger partial charge < -0.3 is 23.8 Å². The third-order valence-electron chi connectivity index (χ3n) is 5.36. The first kappa shape index (κ1) is 33.5. The average Bonchev–Trinajstić information content (AvgIpc) is 2.78. The standard InChI is InChI=1S/C28H47NO7/c1-6-7-8-9-10-11-12-13-14-15-16-17-18-19-27(31)36-25(23-35-24(2)30)22-34-21-20-26(28(32)33)29(3,4)5/h7-8,10-11,13-14,25-26H,6,9,12,15-23H2,1-5H3/p+1/b8-7-,11-10-,14-13-. The van der Waals surface area contributed by atoms with Gasteiger partial charge in [-0.25, -0.2) is 4.79 Å². The molecule has 2 unspecified atom stereocenters. The molecule has 0 radical (unpaired) electrons. The van der Waals surface area contributed by atoms with Crippen molar-refractivity contribution in [3.63, 3.8) is 0 Å². The van der Waals surface area contributed by atoms with Gasteiger partial charge in [-0.15, -0.1) is 0 Å². The van der Waals surface area contributed by atoms with Crippen molar-refractivity contribution in [2.75, 3.05) is 41.0 Å². The van der Waals surface area contributed by atoms with Crippen LogP contribution in [0.5, 0.6) is 0 Å². The third-order valence-corrected chi connectivity index (χ3v) is 5.36. The van der Waals surface area contributed by atoms with Gasteiger partial charge in [-0.1, -0.05) is 49.8 Å². The zero-order valence-electron chi connectivity index (χ0n) is 22.9. The van der Waals surface area contributed by atoms with Gasteiger partial charge >= 0.3 is 17.9 Å². The van der Waals surface area contributed by atoms with Gasteiger partial charge in [-0.2, -0.15) is 0 Å². The maximum Gasteiger partial charge on any atom is 0.362 e. The van der Waals surface area contributed by atoms with Crippen LogP contribution < -0.4 is 0 Å². The molecule has 2 atom stereocenters. The molecule has 0 rings (SSSR count). The van der Waals surface area contributed by atoms with Gasteiger partial charge in [0.05, 0.1) is 34.4 Å². The molecule has 1 N–H and O–H groups in total. The van der Waals surface area contributed by atoms with Crippen molar-refractivity contribution < 1.29 is 38.2 Å². The van der Waals surface area contributed by atoms with Gasteiger partial charge in [0, 0.05) is 19.8 Å². The van der Waals surface area contributed by atoms with Crippen molar-refractivity contribution in [2.24, 2.45) is 0 Å². The van der Waals surface area contributed by atoms with E-state index in [4.69, 9.17) is 14.2 Å². The predicted octanol–water partition coefficient (Wildman–Crippen LogP) is 4.84. The summed E-state index contributed by atoms with van der Waals surface area (Å²) in [7, 11) is 5.44. The molecule has 0 bridgehead atoms. The summed E-state index contributed by atoms with van der Waals surface area (Å²) in [5.74, 6) is -1.72. The molecule has 0 aromatic heterocycles. The minimum Gasteiger partial charge on any atom is -0.477 e. The van der Waals surface area contributed by atoms with E-state index in [9.17, 15) is 19.5 Å². The Bertz CT molecular complexity index is 707. The maximum absolute atomic E-state index is 12.2. The number of unbranched alkanes of at least 4 members (excludes halogenated alkanes) is 3. The van der Waals surface area contributed by atoms with Crippen LogP contribution in [0.15, 0.2) is 36.5 Å². The highest BCUT2D eigenvalue weighted by Gasteiger charge is 2.31. The molecule has 206 valence electrons. The number of likely N-dealkylation sites (N-methyl/N-ethyl adjacent to an activating group) is 1. The van der Waals surface area contributed by atoms with Crippen molar-refractivity contribution in [1.29, 1.82) is 0 Å². The smallest absolute Gasteiger partial charge is 0.362 e. The second kappa shape index (κ2) is 20.7. The van der Waals surface area contributed by atoms with E-state index in [1.807, 2.05) is 21.1 Å². The number of ether oxygens (including phenoxy) is 3. The summed E-state index contributed by atoms with van der Waals surface area (Å²) in [5, 5.41) is 9.39. The van der Waals surface area contributed by atoms with Crippen molar-refractivity contribution in [3.05, 3.63) is 36.5 Å². The first-order chi connectivity index (χ1) is 17.1. The van der Waals surface area contributed by atoms with Gasteiger partial charge in [0.25, 0.3) is 0 Å². The second-order valence-corrected chi connectivity index (χ2v) is 9.64. The first-order valence-electron chi connectivity index (χ1n) is 13.0. The van der Waals surface area contributed by atoms with Crippen LogP contribution in [-0.2, 0) is 28.6 Å². The molecule has 0 aliphatic heterocycles. The first-order valence-corrected chi connectivity index (χ1v) is 13.0. The number of hydrogen-bond acceptors (Lipinski definition) is 6. The lowest BCUT2D eigenvalue weighted by Gasteiger charge is -2.31. The zero-order chi connectivity index (χ0) is 27.2. The number of rotatable bonds is 21. The van der Waals surface area contributed by atoms with Gasteiger partial charge in [0.15, 0.2) is 12.1 Å². The highest BCUT2D eigenvalue weighted by molar-refractivity contribution is 5.72. The maximum atomic E-state index is 12.2. The Kier molecular flexibility index (Phi) is 19.3. The van der Waals surface area contributed by atoms with Crippen LogP contribution in [0.4, 0.5) is 0 Å². The Balaban J connectivity index is 4.21. The molecule has 0 aromatic rings. The Morgan fingerprint density at radius 1 is 0.889 bits per heavy atom. The topological polar surface area (TPSA) is 99.1 Å². The Hall–Kier alpha value is -2.45. The van der Waals surface area contributed by atoms with Gasteiger partial charge in [-0.05, 0) is 38.5 Å². The van der Waals surface area contributed by atoms with Crippen molar-refractivity contribution in [1.82, 2.24) is 0 Å². The molecular weight excluding hydrogens is 462 g/mol. The van der Waals surface area contributed by atoms with Gasteiger partial charge in [-0.3, -0.25) is 9.59 Å². The predicted molar refractivity (Wildman–Crippen MR) is 141 cm³/mol. The summed E-state index contributed by atoms with van der Waals surface area (Å²) >= 11 is 0. The third kappa shape index (κ3) is 19.8. The van der Waals surface area contributed by atoms with Crippen LogP contribution >= 0.6 is 0 Å². The number of carbonyl (C=O) groups is 3. The van der Waals surface area contributed by atoms with E-state index >= 15 is 0 Å². The van der Waals surface area contributed by atoms with E-state index in [0.717, 1.165) is 44.9 Å². The normalized spacial score (nSPS) is 13.9. The second-order valence-electron chi connectivity index (χ2n) is 9.64. The van der Waals surface area contributed by atoms with E-state index in [1.54, 1.807) is 0 Å². The summed E-state index contributed by atoms with van der Waals surface area (Å²) in [5.41, 5.74) is 0. The lowest BCUT2D eigenvalue weighted by atomic mass is 10.1. The molecule has 0 amide bonds. The number of allylic oxidation sites excluding steroid dienone is 6. The molecule has 8 nitrogen and oxygen atoms in total. The molecular formula is C28H48NO7+. The van der Waals surface area contributed by atoms with Crippen molar-refractivity contribution in [3.8, 4) is 0 Å². The van der Waals surface area contributed by atoms with Gasteiger partial charge in [0.1, 0.15) is 6.61 Å². The van der Waals surface area contributed by atoms with E-state index < -0.39 is 24.1 Å². The number of carboxylic acid groups (broad SMARTS) is 1. The molecule has 0 aliphatic carbocycles. The fourth-order valence-electron chi connectivity index (χ4n) is 3.36. The highest BCUT2D eigenvalue weighted by Crippen LogP contribution is 2.10. The van der Waals surface area contributed by atoms with Crippen molar-refractivity contribution >= 4 is 17.9 Å². The summed E-state index contributed by atoms with van der Waals surface area (Å²) in [6.07, 6.45) is 19.5. The van der Waals surface area contributed by atoms with Crippen LogP contribution in [0.25, 0.3) is 0 Å². The Morgan fingerprint density at radius 3 is 2.11 bits per heavy atom. The van der Waals surface area contributed by atoms with Crippen LogP contribution in [0.1, 0.15) is 71.6 Å². The van der Waals surface area contributed by atoms with E-state index in [0.29, 0.717) is 6.42 Å². The SMILES string of the molecule is CC/C=C\C/C=C\C/C=C\CCCCCC(=O)OC(COCCC(C(=O)O)[N+](C)(C)C)COC(C)=O. The van der Waals surface area contributed by atoms with E-state index in [-0.39, 0.29) is 36.7 Å². The van der Waals surface area contributed by atoms with Crippen LogP contribution in [0.3, 0.4) is 0 Å². The van der Waals surface area contributed by atoms with Crippen molar-refractivity contribution in [2.45, 2.75) is 83.8 Å². The monoisotopic (exact) mass is 510 g/mol. The molecule has 0 saturated heterocycles. The molecule has 0 saturated carbocycles. The molecule has 0 aliphatic rings. The lowest BCUT2D eigenvalue weighted by molar-refractivity contribution is -0.887. The largest absolute Gasteiger partial charge is 0.477 e. The average molecular weight is 511 g/mol. The number of quaternary nitrogens is 1. The number of carbonyl (C=O) groups excluding carboxylic acids is 2. The zero-order valence-corrected chi connectivity index (χ0v) is 22.9. The highest BCUT2D eigenvalue weighted by atomic mass is 16.6. The molecule has 0 fully saturated rings. The minimum atomic E-state index is -0.892. The fourth-order valence-corrected chi connectivity index (χ4v) is 3.36. The summed E-state index contributed by atoms with van der Waals surface area (Å²) in [6.45, 7) is 3.55. The molecule has 36 heavy (non-hydrogen) atoms. The van der Waals surface area contributed by atoms with Gasteiger partial charge in [0.2, 0.25) is 0 Å². The summed E-state index contributed by atoms with van der Waals surface area (Å²) in [6, 6.07) is -0.612. The van der Waals surface area contributed by atoms with Crippen LogP contribution in [-0.4, -0.2) is 80.6 Å². The number of hydrogen-bond donors (Lipinski definition) is 1. The Morgan fingerprint density at radius 2 is 1.53 bits per heavy atom. The number of esters is 2. The molecule has 0 aromatic carbocycles. The van der Waals surface area contributed by atoms with Crippen LogP contribution in [0, 0.1) is 0 Å². The van der Waals surface area contributed by atoms with E-state index in [1.165, 1.54) is 6.92 Å². The summed E-state index contributed by atoms with van der Waals surface area (Å²) in [4.78, 5) is 34.9. The molecule has 8 heteroatoms. The van der Waals surface area contributed by atoms with E-state index in [2.05, 4.69) is 43.4 Å². The van der Waals surface area contributed by atoms with Crippen LogP contribution in [0.2, 0.25) is 0 Å². The number of aliphatic carboxylic acids is 1. The Labute approximate surface area is 217 Å². The molecule has 0 spiro atoms. The fraction of sp³-hybridized carbons (Fsp3) is 0.679. The molecule has 0 heterocycles. The number of nitrogens with zero attached hydrogens (tertiary/aromatic N) is 1. The lowest BCUT2D eigenvalue weighted by Crippen LogP contribution is -2.50. The quantitative estimate of drug-likeness (QED) is 0.102.